The monoisotopic (exact) mass is 181 g/mol. The Morgan fingerprint density at radius 1 is 1.46 bits per heavy atom. The van der Waals surface area contributed by atoms with Crippen molar-refractivity contribution in [1.82, 2.24) is 5.32 Å². The molecule has 0 amide bonds. The lowest BCUT2D eigenvalue weighted by atomic mass is 9.86. The molecule has 0 aliphatic carbocycles. The summed E-state index contributed by atoms with van der Waals surface area (Å²) in [5.41, 5.74) is 0.145. The van der Waals surface area contributed by atoms with Crippen LogP contribution < -0.4 is 5.32 Å². The Labute approximate surface area is 80.3 Å². The lowest BCUT2D eigenvalue weighted by Crippen LogP contribution is -2.24. The minimum Gasteiger partial charge on any atom is -0.469 e. The summed E-state index contributed by atoms with van der Waals surface area (Å²) in [4.78, 5) is 0. The van der Waals surface area contributed by atoms with Crippen molar-refractivity contribution in [3.63, 3.8) is 0 Å². The average molecular weight is 181 g/mol. The van der Waals surface area contributed by atoms with Gasteiger partial charge in [-0.2, -0.15) is 0 Å². The molecule has 0 unspecified atom stereocenters. The zero-order valence-corrected chi connectivity index (χ0v) is 8.76. The molecule has 0 spiro atoms. The maximum atomic E-state index is 5.40. The van der Waals surface area contributed by atoms with Crippen LogP contribution in [-0.2, 0) is 5.41 Å². The first-order chi connectivity index (χ1) is 6.17. The number of nitrogens with one attached hydrogen (secondary N) is 1. The maximum Gasteiger partial charge on any atom is 0.109 e. The summed E-state index contributed by atoms with van der Waals surface area (Å²) < 4.78 is 5.40. The molecular formula is C11H19NO. The first-order valence-electron chi connectivity index (χ1n) is 4.91. The average Bonchev–Trinajstić information content (AvgIpc) is 2.56. The molecule has 1 aromatic heterocycles. The Hall–Kier alpha value is -0.760. The van der Waals surface area contributed by atoms with Crippen LogP contribution in [0.3, 0.4) is 0 Å². The zero-order valence-electron chi connectivity index (χ0n) is 8.76. The molecule has 0 saturated carbocycles. The summed E-state index contributed by atoms with van der Waals surface area (Å²) in [6.07, 6.45) is 2.85. The van der Waals surface area contributed by atoms with Gasteiger partial charge in [0.1, 0.15) is 5.76 Å². The van der Waals surface area contributed by atoms with E-state index in [0.717, 1.165) is 25.3 Å². The first kappa shape index (κ1) is 10.3. The van der Waals surface area contributed by atoms with Crippen LogP contribution in [0.2, 0.25) is 0 Å². The molecule has 1 heterocycles. The summed E-state index contributed by atoms with van der Waals surface area (Å²) in [5, 5.41) is 3.32. The molecule has 1 aromatic rings. The van der Waals surface area contributed by atoms with Crippen molar-refractivity contribution in [1.29, 1.82) is 0 Å². The van der Waals surface area contributed by atoms with E-state index in [9.17, 15) is 0 Å². The zero-order chi connectivity index (χ0) is 9.73. The highest BCUT2D eigenvalue weighted by Gasteiger charge is 2.22. The first-order valence-corrected chi connectivity index (χ1v) is 4.91. The van der Waals surface area contributed by atoms with E-state index in [1.165, 1.54) is 0 Å². The summed E-state index contributed by atoms with van der Waals surface area (Å²) in [6, 6.07) is 4.00. The molecule has 0 bridgehead atoms. The van der Waals surface area contributed by atoms with Gasteiger partial charge in [-0.3, -0.25) is 0 Å². The second kappa shape index (κ2) is 4.47. The Morgan fingerprint density at radius 2 is 2.23 bits per heavy atom. The predicted molar refractivity (Wildman–Crippen MR) is 54.9 cm³/mol. The number of rotatable bonds is 5. The van der Waals surface area contributed by atoms with Crippen molar-refractivity contribution in [2.24, 2.45) is 0 Å². The standard InChI is InChI=1S/C11H19NO/c1-4-12-8-7-11(2,3)10-6-5-9-13-10/h5-6,9,12H,4,7-8H2,1-3H3. The SMILES string of the molecule is CCNCCC(C)(C)c1ccco1. The third-order valence-electron chi connectivity index (χ3n) is 2.36. The van der Waals surface area contributed by atoms with Crippen LogP contribution in [-0.4, -0.2) is 13.1 Å². The van der Waals surface area contributed by atoms with E-state index in [-0.39, 0.29) is 5.41 Å². The van der Waals surface area contributed by atoms with Crippen molar-refractivity contribution in [2.75, 3.05) is 13.1 Å². The molecule has 1 rings (SSSR count). The lowest BCUT2D eigenvalue weighted by Gasteiger charge is -2.21. The van der Waals surface area contributed by atoms with Crippen molar-refractivity contribution in [3.8, 4) is 0 Å². The van der Waals surface area contributed by atoms with Crippen LogP contribution >= 0.6 is 0 Å². The normalized spacial score (nSPS) is 11.9. The summed E-state index contributed by atoms with van der Waals surface area (Å²) in [7, 11) is 0. The van der Waals surface area contributed by atoms with Gasteiger partial charge >= 0.3 is 0 Å². The quantitative estimate of drug-likeness (QED) is 0.706. The van der Waals surface area contributed by atoms with Gasteiger partial charge in [0.2, 0.25) is 0 Å². The summed E-state index contributed by atoms with van der Waals surface area (Å²) >= 11 is 0. The van der Waals surface area contributed by atoms with E-state index in [1.807, 2.05) is 12.1 Å². The fourth-order valence-electron chi connectivity index (χ4n) is 1.36. The highest BCUT2D eigenvalue weighted by atomic mass is 16.3. The molecule has 0 fully saturated rings. The van der Waals surface area contributed by atoms with Gasteiger partial charge < -0.3 is 9.73 Å². The van der Waals surface area contributed by atoms with Crippen LogP contribution in [0, 0.1) is 0 Å². The molecule has 1 N–H and O–H groups in total. The molecule has 0 aliphatic heterocycles. The highest BCUT2D eigenvalue weighted by Crippen LogP contribution is 2.26. The maximum absolute atomic E-state index is 5.40. The van der Waals surface area contributed by atoms with Gasteiger partial charge in [0.05, 0.1) is 6.26 Å². The number of hydrogen-bond acceptors (Lipinski definition) is 2. The molecule has 0 radical (unpaired) electrons. The summed E-state index contributed by atoms with van der Waals surface area (Å²) in [6.45, 7) is 8.63. The van der Waals surface area contributed by atoms with Crippen LogP contribution in [0.5, 0.6) is 0 Å². The lowest BCUT2D eigenvalue weighted by molar-refractivity contribution is 0.359. The second-order valence-corrected chi connectivity index (χ2v) is 3.96. The third-order valence-corrected chi connectivity index (χ3v) is 2.36. The minimum absolute atomic E-state index is 0.145. The van der Waals surface area contributed by atoms with E-state index >= 15 is 0 Å². The van der Waals surface area contributed by atoms with Crippen molar-refractivity contribution < 1.29 is 4.42 Å². The van der Waals surface area contributed by atoms with E-state index in [0.29, 0.717) is 0 Å². The van der Waals surface area contributed by atoms with E-state index < -0.39 is 0 Å². The smallest absolute Gasteiger partial charge is 0.109 e. The molecule has 2 nitrogen and oxygen atoms in total. The molecule has 0 atom stereocenters. The number of furan rings is 1. The third kappa shape index (κ3) is 2.88. The van der Waals surface area contributed by atoms with Gasteiger partial charge in [-0.15, -0.1) is 0 Å². The fraction of sp³-hybridized carbons (Fsp3) is 0.636. The van der Waals surface area contributed by atoms with Crippen LogP contribution in [0.15, 0.2) is 22.8 Å². The molecule has 2 heteroatoms. The Bertz CT molecular complexity index is 226. The Morgan fingerprint density at radius 3 is 2.77 bits per heavy atom. The highest BCUT2D eigenvalue weighted by molar-refractivity contribution is 5.10. The Balaban J connectivity index is 2.46. The van der Waals surface area contributed by atoms with E-state index in [2.05, 4.69) is 26.1 Å². The van der Waals surface area contributed by atoms with Gasteiger partial charge in [-0.25, -0.2) is 0 Å². The predicted octanol–water partition coefficient (Wildman–Crippen LogP) is 2.56. The van der Waals surface area contributed by atoms with E-state index in [1.54, 1.807) is 6.26 Å². The molecular weight excluding hydrogens is 162 g/mol. The second-order valence-electron chi connectivity index (χ2n) is 3.96. The van der Waals surface area contributed by atoms with Crippen LogP contribution in [0.1, 0.15) is 33.0 Å². The van der Waals surface area contributed by atoms with Crippen molar-refractivity contribution in [2.45, 2.75) is 32.6 Å². The van der Waals surface area contributed by atoms with Gasteiger partial charge in [0.25, 0.3) is 0 Å². The fourth-order valence-corrected chi connectivity index (χ4v) is 1.36. The van der Waals surface area contributed by atoms with Crippen LogP contribution in [0.25, 0.3) is 0 Å². The summed E-state index contributed by atoms with van der Waals surface area (Å²) in [5.74, 6) is 1.07. The van der Waals surface area contributed by atoms with E-state index in [4.69, 9.17) is 4.42 Å². The van der Waals surface area contributed by atoms with Crippen molar-refractivity contribution in [3.05, 3.63) is 24.2 Å². The molecule has 13 heavy (non-hydrogen) atoms. The molecule has 0 aliphatic rings. The van der Waals surface area contributed by atoms with Gasteiger partial charge in [0, 0.05) is 5.41 Å². The molecule has 74 valence electrons. The minimum atomic E-state index is 0.145. The molecule has 0 aromatic carbocycles. The van der Waals surface area contributed by atoms with Gasteiger partial charge in [0.15, 0.2) is 0 Å². The Kier molecular flexibility index (Phi) is 3.55. The largest absolute Gasteiger partial charge is 0.469 e. The van der Waals surface area contributed by atoms with Crippen LogP contribution in [0.4, 0.5) is 0 Å². The number of hydrogen-bond donors (Lipinski definition) is 1. The topological polar surface area (TPSA) is 25.2 Å². The molecule has 0 saturated heterocycles. The van der Waals surface area contributed by atoms with Crippen molar-refractivity contribution >= 4 is 0 Å². The van der Waals surface area contributed by atoms with Gasteiger partial charge in [-0.05, 0) is 31.6 Å². The van der Waals surface area contributed by atoms with Gasteiger partial charge in [-0.1, -0.05) is 20.8 Å².